The molecule has 2 N–H and O–H groups in total. The normalized spacial score (nSPS) is 19.7. The van der Waals surface area contributed by atoms with Crippen molar-refractivity contribution in [2.24, 2.45) is 11.1 Å². The number of amides is 1. The molecule has 1 unspecified atom stereocenters. The maximum atomic E-state index is 12.7. The second-order valence-electron chi connectivity index (χ2n) is 7.00. The molecule has 0 spiro atoms. The van der Waals surface area contributed by atoms with E-state index in [-0.39, 0.29) is 29.8 Å². The Labute approximate surface area is 148 Å². The molecule has 2 heterocycles. The number of likely N-dealkylation sites (tertiary alicyclic amines) is 1. The van der Waals surface area contributed by atoms with Gasteiger partial charge in [-0.25, -0.2) is 4.68 Å². The highest BCUT2D eigenvalue weighted by molar-refractivity contribution is 5.92. The Morgan fingerprint density at radius 1 is 1.38 bits per heavy atom. The number of piperidine rings is 1. The molecule has 1 atom stereocenters. The van der Waals surface area contributed by atoms with E-state index in [2.05, 4.69) is 24.2 Å². The van der Waals surface area contributed by atoms with Crippen LogP contribution in [0.3, 0.4) is 0 Å². The summed E-state index contributed by atoms with van der Waals surface area (Å²) < 4.78 is 1.64. The molecule has 1 fully saturated rings. The topological polar surface area (TPSA) is 77.0 Å². The average molecular weight is 350 g/mol. The van der Waals surface area contributed by atoms with Crippen molar-refractivity contribution in [2.75, 3.05) is 13.1 Å². The van der Waals surface area contributed by atoms with Gasteiger partial charge in [-0.3, -0.25) is 4.79 Å². The van der Waals surface area contributed by atoms with Gasteiger partial charge in [0, 0.05) is 19.1 Å². The zero-order chi connectivity index (χ0) is 16.6. The van der Waals surface area contributed by atoms with Gasteiger partial charge in [-0.2, -0.15) is 0 Å². The lowest BCUT2D eigenvalue weighted by atomic mass is 9.79. The minimum absolute atomic E-state index is 0. The number of rotatable bonds is 2. The molecule has 6 nitrogen and oxygen atoms in total. The van der Waals surface area contributed by atoms with Gasteiger partial charge in [-0.05, 0) is 36.5 Å². The van der Waals surface area contributed by atoms with Crippen LogP contribution in [0.5, 0.6) is 0 Å². The number of nitrogens with zero attached hydrogens (tertiary/aromatic N) is 4. The van der Waals surface area contributed by atoms with Crippen LogP contribution in [0, 0.1) is 12.3 Å². The van der Waals surface area contributed by atoms with Crippen molar-refractivity contribution in [3.05, 3.63) is 41.7 Å². The van der Waals surface area contributed by atoms with Crippen LogP contribution in [0.4, 0.5) is 0 Å². The van der Waals surface area contributed by atoms with Crippen molar-refractivity contribution in [3.63, 3.8) is 0 Å². The van der Waals surface area contributed by atoms with Gasteiger partial charge in [-0.1, -0.05) is 31.2 Å². The summed E-state index contributed by atoms with van der Waals surface area (Å²) in [5, 5.41) is 8.14. The number of hydrogen-bond acceptors (Lipinski definition) is 4. The van der Waals surface area contributed by atoms with Crippen LogP contribution in [0.15, 0.2) is 30.5 Å². The van der Waals surface area contributed by atoms with E-state index < -0.39 is 0 Å². The molecule has 1 aliphatic rings. The fourth-order valence-corrected chi connectivity index (χ4v) is 2.97. The van der Waals surface area contributed by atoms with Gasteiger partial charge >= 0.3 is 0 Å². The molecule has 2 aromatic rings. The summed E-state index contributed by atoms with van der Waals surface area (Å²) >= 11 is 0. The van der Waals surface area contributed by atoms with Crippen molar-refractivity contribution in [2.45, 2.75) is 33.2 Å². The summed E-state index contributed by atoms with van der Waals surface area (Å²) in [4.78, 5) is 14.5. The Morgan fingerprint density at radius 2 is 2.12 bits per heavy atom. The van der Waals surface area contributed by atoms with Crippen LogP contribution in [0.25, 0.3) is 5.69 Å². The van der Waals surface area contributed by atoms with Gasteiger partial charge in [-0.15, -0.1) is 17.5 Å². The predicted octanol–water partition coefficient (Wildman–Crippen LogP) is 2.20. The number of aryl methyl sites for hydroxylation is 1. The molecule has 1 amide bonds. The summed E-state index contributed by atoms with van der Waals surface area (Å²) in [6, 6.07) is 8.05. The van der Waals surface area contributed by atoms with Crippen LogP contribution >= 0.6 is 12.4 Å². The highest BCUT2D eigenvalue weighted by atomic mass is 35.5. The minimum Gasteiger partial charge on any atom is -0.337 e. The number of aromatic nitrogens is 3. The molecular formula is C17H24ClN5O. The van der Waals surface area contributed by atoms with Crippen LogP contribution in [0.1, 0.15) is 36.3 Å². The Morgan fingerprint density at radius 3 is 2.79 bits per heavy atom. The first-order valence-electron chi connectivity index (χ1n) is 7.91. The second kappa shape index (κ2) is 6.91. The number of carbonyl (C=O) groups is 1. The lowest BCUT2D eigenvalue weighted by Gasteiger charge is -2.42. The summed E-state index contributed by atoms with van der Waals surface area (Å²) in [7, 11) is 0. The first-order chi connectivity index (χ1) is 10.9. The van der Waals surface area contributed by atoms with E-state index >= 15 is 0 Å². The molecule has 1 aromatic carbocycles. The van der Waals surface area contributed by atoms with E-state index in [4.69, 9.17) is 5.73 Å². The number of halogens is 1. The molecule has 0 aliphatic carbocycles. The summed E-state index contributed by atoms with van der Waals surface area (Å²) in [5.41, 5.74) is 8.47. The zero-order valence-corrected chi connectivity index (χ0v) is 15.1. The highest BCUT2D eigenvalue weighted by Gasteiger charge is 2.36. The third-order valence-electron chi connectivity index (χ3n) is 4.58. The quantitative estimate of drug-likeness (QED) is 0.901. The number of carbonyl (C=O) groups excluding carboxylic acids is 1. The van der Waals surface area contributed by atoms with Crippen LogP contribution in [-0.4, -0.2) is 44.9 Å². The van der Waals surface area contributed by atoms with Crippen molar-refractivity contribution in [1.29, 1.82) is 0 Å². The SMILES string of the molecule is Cc1cccc(-n2cc(C(=O)N3CCC(N)C(C)(C)C3)nn2)c1.Cl. The van der Waals surface area contributed by atoms with Crippen molar-refractivity contribution in [1.82, 2.24) is 19.9 Å². The largest absolute Gasteiger partial charge is 0.337 e. The monoisotopic (exact) mass is 349 g/mol. The van der Waals surface area contributed by atoms with Crippen molar-refractivity contribution in [3.8, 4) is 5.69 Å². The highest BCUT2D eigenvalue weighted by Crippen LogP contribution is 2.28. The Hall–Kier alpha value is -1.92. The molecule has 3 rings (SSSR count). The van der Waals surface area contributed by atoms with Crippen LogP contribution in [-0.2, 0) is 0 Å². The Bertz CT molecular complexity index is 727. The van der Waals surface area contributed by atoms with Crippen LogP contribution in [0.2, 0.25) is 0 Å². The molecule has 0 bridgehead atoms. The molecule has 0 radical (unpaired) electrons. The molecule has 1 aromatic heterocycles. The fourth-order valence-electron chi connectivity index (χ4n) is 2.97. The van der Waals surface area contributed by atoms with E-state index in [1.54, 1.807) is 10.9 Å². The molecule has 130 valence electrons. The maximum Gasteiger partial charge on any atom is 0.276 e. The minimum atomic E-state index is -0.0829. The maximum absolute atomic E-state index is 12.7. The third kappa shape index (κ3) is 3.60. The molecule has 0 saturated carbocycles. The molecule has 24 heavy (non-hydrogen) atoms. The lowest BCUT2D eigenvalue weighted by molar-refractivity contribution is 0.0527. The van der Waals surface area contributed by atoms with Gasteiger partial charge in [0.25, 0.3) is 5.91 Å². The van der Waals surface area contributed by atoms with E-state index in [1.165, 1.54) is 0 Å². The predicted molar refractivity (Wildman–Crippen MR) is 95.6 cm³/mol. The Balaban J connectivity index is 0.00000208. The lowest BCUT2D eigenvalue weighted by Crippen LogP contribution is -2.54. The van der Waals surface area contributed by atoms with Gasteiger partial charge < -0.3 is 10.6 Å². The molecule has 1 saturated heterocycles. The summed E-state index contributed by atoms with van der Waals surface area (Å²) in [6.07, 6.45) is 2.50. The first kappa shape index (κ1) is 18.4. The van der Waals surface area contributed by atoms with E-state index in [1.807, 2.05) is 36.1 Å². The summed E-state index contributed by atoms with van der Waals surface area (Å²) in [5.74, 6) is -0.0797. The van der Waals surface area contributed by atoms with Gasteiger partial charge in [0.15, 0.2) is 5.69 Å². The van der Waals surface area contributed by atoms with E-state index in [0.29, 0.717) is 18.8 Å². The third-order valence-corrected chi connectivity index (χ3v) is 4.58. The molecule has 7 heteroatoms. The van der Waals surface area contributed by atoms with E-state index in [0.717, 1.165) is 17.7 Å². The van der Waals surface area contributed by atoms with Crippen molar-refractivity contribution >= 4 is 18.3 Å². The first-order valence-corrected chi connectivity index (χ1v) is 7.91. The van der Waals surface area contributed by atoms with Gasteiger partial charge in [0.2, 0.25) is 0 Å². The molecular weight excluding hydrogens is 326 g/mol. The standard InChI is InChI=1S/C17H23N5O.ClH/c1-12-5-4-6-13(9-12)22-10-14(19-20-22)16(23)21-8-7-15(18)17(2,3)11-21;/h4-6,9-10,15H,7-8,11,18H2,1-3H3;1H. The average Bonchev–Trinajstić information content (AvgIpc) is 2.99. The number of nitrogens with two attached hydrogens (primary N) is 1. The Kier molecular flexibility index (Phi) is 5.30. The van der Waals surface area contributed by atoms with Gasteiger partial charge in [0.05, 0.1) is 11.9 Å². The van der Waals surface area contributed by atoms with E-state index in [9.17, 15) is 4.79 Å². The molecule has 1 aliphatic heterocycles. The van der Waals surface area contributed by atoms with Gasteiger partial charge in [0.1, 0.15) is 0 Å². The fraction of sp³-hybridized carbons (Fsp3) is 0.471. The number of benzene rings is 1. The smallest absolute Gasteiger partial charge is 0.276 e. The second-order valence-corrected chi connectivity index (χ2v) is 7.00. The van der Waals surface area contributed by atoms with Crippen LogP contribution < -0.4 is 5.73 Å². The zero-order valence-electron chi connectivity index (χ0n) is 14.3. The number of hydrogen-bond donors (Lipinski definition) is 1. The van der Waals surface area contributed by atoms with Crippen molar-refractivity contribution < 1.29 is 4.79 Å². The summed E-state index contributed by atoms with van der Waals surface area (Å²) in [6.45, 7) is 7.53.